The minimum Gasteiger partial charge on any atom is -0.480 e. The highest BCUT2D eigenvalue weighted by molar-refractivity contribution is 5.81. The average Bonchev–Trinajstić information content (AvgIpc) is 2.28. The molecular weight excluding hydrogens is 314 g/mol. The summed E-state index contributed by atoms with van der Waals surface area (Å²) in [6, 6.07) is -1.19. The van der Waals surface area contributed by atoms with Crippen LogP contribution in [0, 0.1) is 11.3 Å². The summed E-state index contributed by atoms with van der Waals surface area (Å²) in [5.74, 6) is -1.08. The third kappa shape index (κ3) is 3.11. The van der Waals surface area contributed by atoms with E-state index in [1.54, 1.807) is 20.8 Å². The highest BCUT2D eigenvalue weighted by Gasteiger charge is 2.66. The Balaban J connectivity index is 1.86. The van der Waals surface area contributed by atoms with Crippen molar-refractivity contribution in [2.24, 2.45) is 11.3 Å². The molecule has 0 radical (unpaired) electrons. The average molecular weight is 341 g/mol. The van der Waals surface area contributed by atoms with Gasteiger partial charge in [-0.2, -0.15) is 0 Å². The van der Waals surface area contributed by atoms with Crippen LogP contribution in [-0.4, -0.2) is 50.2 Å². The fourth-order valence-electron chi connectivity index (χ4n) is 5.63. The minimum atomic E-state index is -1.19. The van der Waals surface area contributed by atoms with Crippen LogP contribution >= 0.6 is 0 Å². The van der Waals surface area contributed by atoms with Gasteiger partial charge in [-0.05, 0) is 58.8 Å². The lowest BCUT2D eigenvalue weighted by Crippen LogP contribution is -2.69. The molecule has 0 aromatic carbocycles. The van der Waals surface area contributed by atoms with E-state index in [1.807, 2.05) is 0 Å². The van der Waals surface area contributed by atoms with Crippen molar-refractivity contribution in [1.82, 2.24) is 5.32 Å². The number of carboxylic acid groups (broad SMARTS) is 1. The van der Waals surface area contributed by atoms with Crippen LogP contribution < -0.4 is 5.32 Å². The molecule has 0 heterocycles. The van der Waals surface area contributed by atoms with Crippen LogP contribution in [0.25, 0.3) is 0 Å². The molecule has 4 fully saturated rings. The Bertz CT molecular complexity index is 550. The first-order chi connectivity index (χ1) is 10.8. The normalized spacial score (nSPS) is 41.8. The Morgan fingerprint density at radius 2 is 1.62 bits per heavy atom. The first-order valence-electron chi connectivity index (χ1n) is 8.51. The zero-order chi connectivity index (χ0) is 18.0. The highest BCUT2D eigenvalue weighted by Crippen LogP contribution is 2.64. The van der Waals surface area contributed by atoms with E-state index in [1.165, 1.54) is 0 Å². The summed E-state index contributed by atoms with van der Waals surface area (Å²) in [5, 5.41) is 33.8. The number of nitrogens with one attached hydrogen (secondary N) is 1. The van der Waals surface area contributed by atoms with Crippen molar-refractivity contribution in [2.75, 3.05) is 0 Å². The number of carboxylic acids is 1. The van der Waals surface area contributed by atoms with E-state index < -0.39 is 40.3 Å². The van der Waals surface area contributed by atoms with Crippen LogP contribution in [0.3, 0.4) is 0 Å². The van der Waals surface area contributed by atoms with E-state index in [0.29, 0.717) is 19.3 Å². The van der Waals surface area contributed by atoms with Gasteiger partial charge in [0.2, 0.25) is 0 Å². The van der Waals surface area contributed by atoms with Crippen molar-refractivity contribution in [3.63, 3.8) is 0 Å². The number of aliphatic hydroxyl groups is 2. The highest BCUT2D eigenvalue weighted by atomic mass is 16.6. The standard InChI is InChI=1S/C17H27NO6/c1-14(2,3)24-13(21)18-11(12(19)20)15-4-10-5-16(22,7-15)9-17(23,6-10)8-15/h10-11,22-23H,4-9H2,1-3H3,(H,18,21)(H,19,20)/t10?,11-,15?,16-,17+/m1/s1. The summed E-state index contributed by atoms with van der Waals surface area (Å²) >= 11 is 0. The molecule has 0 saturated heterocycles. The Hall–Kier alpha value is -1.34. The Morgan fingerprint density at radius 3 is 2.04 bits per heavy atom. The molecular formula is C17H27NO6. The minimum absolute atomic E-state index is 0.0820. The zero-order valence-corrected chi connectivity index (χ0v) is 14.5. The third-order valence-corrected chi connectivity index (χ3v) is 5.57. The molecule has 4 saturated carbocycles. The summed E-state index contributed by atoms with van der Waals surface area (Å²) in [7, 11) is 0. The smallest absolute Gasteiger partial charge is 0.408 e. The number of hydrogen-bond acceptors (Lipinski definition) is 5. The van der Waals surface area contributed by atoms with Crippen LogP contribution in [0.2, 0.25) is 0 Å². The molecule has 2 unspecified atom stereocenters. The van der Waals surface area contributed by atoms with Gasteiger partial charge in [0.15, 0.2) is 0 Å². The maximum absolute atomic E-state index is 12.1. The monoisotopic (exact) mass is 341 g/mol. The van der Waals surface area contributed by atoms with Crippen LogP contribution in [-0.2, 0) is 9.53 Å². The third-order valence-electron chi connectivity index (χ3n) is 5.57. The van der Waals surface area contributed by atoms with Gasteiger partial charge in [0.05, 0.1) is 11.2 Å². The summed E-state index contributed by atoms with van der Waals surface area (Å²) in [5.41, 5.74) is -3.66. The van der Waals surface area contributed by atoms with Crippen LogP contribution in [0.15, 0.2) is 0 Å². The van der Waals surface area contributed by atoms with Gasteiger partial charge in [-0.25, -0.2) is 9.59 Å². The fourth-order valence-corrected chi connectivity index (χ4v) is 5.63. The van der Waals surface area contributed by atoms with Crippen LogP contribution in [0.1, 0.15) is 59.3 Å². The van der Waals surface area contributed by atoms with E-state index in [-0.39, 0.29) is 25.2 Å². The van der Waals surface area contributed by atoms with E-state index in [0.717, 1.165) is 0 Å². The van der Waals surface area contributed by atoms with Gasteiger partial charge in [-0.3, -0.25) is 0 Å². The number of alkyl carbamates (subject to hydrolysis) is 1. The number of ether oxygens (including phenoxy) is 1. The van der Waals surface area contributed by atoms with Gasteiger partial charge in [0.1, 0.15) is 11.6 Å². The van der Waals surface area contributed by atoms with Gasteiger partial charge in [-0.15, -0.1) is 0 Å². The van der Waals surface area contributed by atoms with Crippen molar-refractivity contribution in [1.29, 1.82) is 0 Å². The van der Waals surface area contributed by atoms with E-state index in [9.17, 15) is 24.9 Å². The number of rotatable bonds is 3. The van der Waals surface area contributed by atoms with Crippen molar-refractivity contribution >= 4 is 12.1 Å². The first kappa shape index (κ1) is 17.5. The molecule has 24 heavy (non-hydrogen) atoms. The van der Waals surface area contributed by atoms with Gasteiger partial charge in [0, 0.05) is 11.8 Å². The largest absolute Gasteiger partial charge is 0.480 e. The van der Waals surface area contributed by atoms with E-state index >= 15 is 0 Å². The molecule has 0 aromatic heterocycles. The lowest BCUT2D eigenvalue weighted by molar-refractivity contribution is -0.237. The molecule has 4 N–H and O–H groups in total. The lowest BCUT2D eigenvalue weighted by Gasteiger charge is -2.64. The summed E-state index contributed by atoms with van der Waals surface area (Å²) in [6.07, 6.45) is 1.84. The molecule has 7 heteroatoms. The Labute approximate surface area is 141 Å². The predicted molar refractivity (Wildman–Crippen MR) is 84.3 cm³/mol. The van der Waals surface area contributed by atoms with E-state index in [4.69, 9.17) is 4.74 Å². The number of amides is 1. The number of carbonyl (C=O) groups is 2. The molecule has 0 spiro atoms. The molecule has 4 bridgehead atoms. The van der Waals surface area contributed by atoms with Gasteiger partial charge < -0.3 is 25.4 Å². The predicted octanol–water partition coefficient (Wildman–Crippen LogP) is 1.41. The lowest BCUT2D eigenvalue weighted by atomic mass is 9.44. The molecule has 4 aliphatic rings. The fraction of sp³-hybridized carbons (Fsp3) is 0.882. The van der Waals surface area contributed by atoms with Gasteiger partial charge in [-0.1, -0.05) is 0 Å². The van der Waals surface area contributed by atoms with Crippen molar-refractivity contribution < 1.29 is 29.6 Å². The summed E-state index contributed by atoms with van der Waals surface area (Å²) in [4.78, 5) is 24.0. The summed E-state index contributed by atoms with van der Waals surface area (Å²) in [6.45, 7) is 5.12. The maximum Gasteiger partial charge on any atom is 0.408 e. The molecule has 0 aromatic rings. The van der Waals surface area contributed by atoms with Gasteiger partial charge >= 0.3 is 12.1 Å². The summed E-state index contributed by atoms with van der Waals surface area (Å²) < 4.78 is 5.19. The zero-order valence-electron chi connectivity index (χ0n) is 14.5. The SMILES string of the molecule is CC(C)(C)OC(=O)N[C@H](C(=O)O)C12CC3C[C@@](O)(C1)C[C@](O)(C3)C2. The Morgan fingerprint density at radius 1 is 1.08 bits per heavy atom. The molecule has 1 amide bonds. The quantitative estimate of drug-likeness (QED) is 0.617. The second-order valence-electron chi connectivity index (χ2n) is 9.24. The molecule has 5 atom stereocenters. The van der Waals surface area contributed by atoms with Crippen molar-refractivity contribution in [3.05, 3.63) is 0 Å². The van der Waals surface area contributed by atoms with Crippen LogP contribution in [0.4, 0.5) is 4.79 Å². The van der Waals surface area contributed by atoms with E-state index in [2.05, 4.69) is 5.32 Å². The second kappa shape index (κ2) is 5.08. The van der Waals surface area contributed by atoms with Gasteiger partial charge in [0.25, 0.3) is 0 Å². The topological polar surface area (TPSA) is 116 Å². The number of carbonyl (C=O) groups excluding carboxylic acids is 1. The van der Waals surface area contributed by atoms with Crippen molar-refractivity contribution in [3.8, 4) is 0 Å². The van der Waals surface area contributed by atoms with Crippen molar-refractivity contribution in [2.45, 2.75) is 82.1 Å². The maximum atomic E-state index is 12.1. The van der Waals surface area contributed by atoms with Crippen LogP contribution in [0.5, 0.6) is 0 Å². The molecule has 4 aliphatic carbocycles. The Kier molecular flexibility index (Phi) is 3.70. The molecule has 0 aliphatic heterocycles. The molecule has 136 valence electrons. The molecule has 4 rings (SSSR count). The first-order valence-corrected chi connectivity index (χ1v) is 8.51. The number of aliphatic carboxylic acids is 1. The second-order valence-corrected chi connectivity index (χ2v) is 9.24. The molecule has 7 nitrogen and oxygen atoms in total. The number of hydrogen-bond donors (Lipinski definition) is 4.